The monoisotopic (exact) mass is 281 g/mol. The number of aryl methyl sites for hydroxylation is 3. The standard InChI is InChI=1S/C14H20ClN3O/c1-6-16-13(14-11(15)7-17-18(14)5)12-8(2)9(3)19-10(12)4/h7,13,16H,6H2,1-5H3. The summed E-state index contributed by atoms with van der Waals surface area (Å²) in [5.41, 5.74) is 3.29. The second-order valence-corrected chi connectivity index (χ2v) is 5.15. The number of hydrogen-bond donors (Lipinski definition) is 1. The average molecular weight is 282 g/mol. The van der Waals surface area contributed by atoms with E-state index in [-0.39, 0.29) is 6.04 Å². The number of rotatable bonds is 4. The smallest absolute Gasteiger partial charge is 0.106 e. The molecule has 0 saturated carbocycles. The fourth-order valence-electron chi connectivity index (χ4n) is 2.52. The number of aromatic nitrogens is 2. The molecule has 1 atom stereocenters. The van der Waals surface area contributed by atoms with Crippen LogP contribution in [0, 0.1) is 20.8 Å². The average Bonchev–Trinajstić information content (AvgIpc) is 2.79. The molecule has 19 heavy (non-hydrogen) atoms. The van der Waals surface area contributed by atoms with Gasteiger partial charge in [-0.15, -0.1) is 0 Å². The summed E-state index contributed by atoms with van der Waals surface area (Å²) in [5, 5.41) is 8.37. The van der Waals surface area contributed by atoms with Crippen LogP contribution >= 0.6 is 11.6 Å². The lowest BCUT2D eigenvalue weighted by Crippen LogP contribution is -2.25. The molecule has 2 aromatic heterocycles. The van der Waals surface area contributed by atoms with Crippen molar-refractivity contribution >= 4 is 11.6 Å². The van der Waals surface area contributed by atoms with E-state index in [9.17, 15) is 0 Å². The topological polar surface area (TPSA) is 43.0 Å². The molecule has 2 heterocycles. The van der Waals surface area contributed by atoms with E-state index in [0.29, 0.717) is 5.02 Å². The molecule has 0 radical (unpaired) electrons. The minimum atomic E-state index is 0.00227. The molecule has 0 fully saturated rings. The second-order valence-electron chi connectivity index (χ2n) is 4.75. The van der Waals surface area contributed by atoms with Crippen LogP contribution < -0.4 is 5.32 Å². The first-order valence-corrected chi connectivity index (χ1v) is 6.82. The van der Waals surface area contributed by atoms with Crippen LogP contribution in [0.4, 0.5) is 0 Å². The van der Waals surface area contributed by atoms with Crippen LogP contribution in [0.3, 0.4) is 0 Å². The predicted octanol–water partition coefficient (Wildman–Crippen LogP) is 3.29. The third-order valence-electron chi connectivity index (χ3n) is 3.53. The molecule has 0 amide bonds. The Morgan fingerprint density at radius 1 is 1.37 bits per heavy atom. The zero-order valence-electron chi connectivity index (χ0n) is 12.0. The van der Waals surface area contributed by atoms with Gasteiger partial charge in [0, 0.05) is 12.6 Å². The molecular weight excluding hydrogens is 262 g/mol. The fraction of sp³-hybridized carbons (Fsp3) is 0.500. The molecule has 0 spiro atoms. The third kappa shape index (κ3) is 2.42. The molecule has 1 unspecified atom stereocenters. The molecule has 0 saturated heterocycles. The van der Waals surface area contributed by atoms with E-state index >= 15 is 0 Å². The molecule has 0 aliphatic heterocycles. The zero-order valence-corrected chi connectivity index (χ0v) is 12.8. The van der Waals surface area contributed by atoms with Crippen molar-refractivity contribution in [3.8, 4) is 0 Å². The van der Waals surface area contributed by atoms with Crippen LogP contribution in [-0.2, 0) is 7.05 Å². The van der Waals surface area contributed by atoms with Gasteiger partial charge in [-0.3, -0.25) is 4.68 Å². The molecule has 1 N–H and O–H groups in total. The zero-order chi connectivity index (χ0) is 14.2. The van der Waals surface area contributed by atoms with Crippen molar-refractivity contribution in [2.24, 2.45) is 7.05 Å². The van der Waals surface area contributed by atoms with Gasteiger partial charge < -0.3 is 9.73 Å². The van der Waals surface area contributed by atoms with Crippen LogP contribution in [0.2, 0.25) is 5.02 Å². The number of nitrogens with one attached hydrogen (secondary N) is 1. The van der Waals surface area contributed by atoms with Gasteiger partial charge in [0.15, 0.2) is 0 Å². The summed E-state index contributed by atoms with van der Waals surface area (Å²) in [7, 11) is 1.91. The van der Waals surface area contributed by atoms with E-state index in [1.807, 2.05) is 25.6 Å². The quantitative estimate of drug-likeness (QED) is 0.935. The highest BCUT2D eigenvalue weighted by Crippen LogP contribution is 2.34. The molecule has 2 rings (SSSR count). The highest BCUT2D eigenvalue weighted by atomic mass is 35.5. The maximum atomic E-state index is 6.28. The van der Waals surface area contributed by atoms with Crippen molar-refractivity contribution in [2.45, 2.75) is 33.7 Å². The largest absolute Gasteiger partial charge is 0.466 e. The summed E-state index contributed by atoms with van der Waals surface area (Å²) < 4.78 is 7.55. The summed E-state index contributed by atoms with van der Waals surface area (Å²) in [5.74, 6) is 1.88. The van der Waals surface area contributed by atoms with Gasteiger partial charge in [0.1, 0.15) is 11.5 Å². The summed E-state index contributed by atoms with van der Waals surface area (Å²) >= 11 is 6.28. The number of nitrogens with zero attached hydrogens (tertiary/aromatic N) is 2. The lowest BCUT2D eigenvalue weighted by molar-refractivity contribution is 0.490. The molecule has 0 aliphatic carbocycles. The van der Waals surface area contributed by atoms with E-state index in [4.69, 9.17) is 16.0 Å². The summed E-state index contributed by atoms with van der Waals surface area (Å²) in [6, 6.07) is 0.00227. The molecule has 104 valence electrons. The van der Waals surface area contributed by atoms with Gasteiger partial charge in [-0.2, -0.15) is 5.10 Å². The first kappa shape index (κ1) is 14.2. The van der Waals surface area contributed by atoms with Gasteiger partial charge in [-0.25, -0.2) is 0 Å². The van der Waals surface area contributed by atoms with E-state index in [2.05, 4.69) is 24.3 Å². The van der Waals surface area contributed by atoms with Crippen molar-refractivity contribution in [3.63, 3.8) is 0 Å². The van der Waals surface area contributed by atoms with Gasteiger partial charge in [-0.1, -0.05) is 18.5 Å². The van der Waals surface area contributed by atoms with Crippen LogP contribution in [0.5, 0.6) is 0 Å². The van der Waals surface area contributed by atoms with Crippen molar-refractivity contribution in [1.29, 1.82) is 0 Å². The first-order chi connectivity index (χ1) is 8.97. The van der Waals surface area contributed by atoms with Crippen LogP contribution in [0.1, 0.15) is 41.3 Å². The second kappa shape index (κ2) is 5.39. The van der Waals surface area contributed by atoms with E-state index in [1.165, 1.54) is 5.56 Å². The summed E-state index contributed by atoms with van der Waals surface area (Å²) in [6.07, 6.45) is 1.68. The summed E-state index contributed by atoms with van der Waals surface area (Å²) in [6.45, 7) is 8.98. The van der Waals surface area contributed by atoms with Crippen LogP contribution in [0.25, 0.3) is 0 Å². The number of halogens is 1. The lowest BCUT2D eigenvalue weighted by Gasteiger charge is -2.19. The number of hydrogen-bond acceptors (Lipinski definition) is 3. The Labute approximate surface area is 118 Å². The molecule has 0 bridgehead atoms. The van der Waals surface area contributed by atoms with Gasteiger partial charge in [0.25, 0.3) is 0 Å². The lowest BCUT2D eigenvalue weighted by atomic mass is 9.99. The highest BCUT2D eigenvalue weighted by Gasteiger charge is 2.26. The Morgan fingerprint density at radius 2 is 2.05 bits per heavy atom. The maximum absolute atomic E-state index is 6.28. The minimum Gasteiger partial charge on any atom is -0.466 e. The Balaban J connectivity index is 2.58. The molecule has 4 nitrogen and oxygen atoms in total. The van der Waals surface area contributed by atoms with Crippen molar-refractivity contribution < 1.29 is 4.42 Å². The third-order valence-corrected chi connectivity index (χ3v) is 3.82. The molecular formula is C14H20ClN3O. The van der Waals surface area contributed by atoms with Gasteiger partial charge in [0.05, 0.1) is 23.0 Å². The normalized spacial score (nSPS) is 12.9. The van der Waals surface area contributed by atoms with Gasteiger partial charge >= 0.3 is 0 Å². The van der Waals surface area contributed by atoms with Crippen molar-refractivity contribution in [1.82, 2.24) is 15.1 Å². The Bertz CT molecular complexity index is 566. The number of furan rings is 1. The maximum Gasteiger partial charge on any atom is 0.106 e. The predicted molar refractivity (Wildman–Crippen MR) is 76.7 cm³/mol. The highest BCUT2D eigenvalue weighted by molar-refractivity contribution is 6.31. The van der Waals surface area contributed by atoms with Crippen LogP contribution in [-0.4, -0.2) is 16.3 Å². The Morgan fingerprint density at radius 3 is 2.47 bits per heavy atom. The van der Waals surface area contributed by atoms with E-state index in [0.717, 1.165) is 29.3 Å². The molecule has 2 aromatic rings. The van der Waals surface area contributed by atoms with E-state index < -0.39 is 0 Å². The fourth-order valence-corrected chi connectivity index (χ4v) is 2.79. The SMILES string of the molecule is CCNC(c1c(C)oc(C)c1C)c1c(Cl)cnn1C. The molecule has 0 aromatic carbocycles. The van der Waals surface area contributed by atoms with Gasteiger partial charge in [0.2, 0.25) is 0 Å². The van der Waals surface area contributed by atoms with Gasteiger partial charge in [-0.05, 0) is 32.9 Å². The first-order valence-electron chi connectivity index (χ1n) is 6.44. The van der Waals surface area contributed by atoms with E-state index in [1.54, 1.807) is 6.20 Å². The summed E-state index contributed by atoms with van der Waals surface area (Å²) in [4.78, 5) is 0. The van der Waals surface area contributed by atoms with Crippen LogP contribution in [0.15, 0.2) is 10.6 Å². The molecule has 0 aliphatic rings. The van der Waals surface area contributed by atoms with Crippen molar-refractivity contribution in [3.05, 3.63) is 39.6 Å². The Kier molecular flexibility index (Phi) is 4.02. The minimum absolute atomic E-state index is 0.00227. The van der Waals surface area contributed by atoms with Crippen molar-refractivity contribution in [2.75, 3.05) is 6.54 Å². The Hall–Kier alpha value is -1.26. The molecule has 5 heteroatoms.